The van der Waals surface area contributed by atoms with Gasteiger partial charge in [-0.3, -0.25) is 14.5 Å². The summed E-state index contributed by atoms with van der Waals surface area (Å²) in [5, 5.41) is 21.9. The van der Waals surface area contributed by atoms with Crippen molar-refractivity contribution in [2.75, 3.05) is 36.1 Å². The van der Waals surface area contributed by atoms with Crippen LogP contribution < -0.4 is 21.3 Å². The minimum absolute atomic E-state index is 0.123. The number of allylic oxidation sites excluding steroid dienone is 1. The van der Waals surface area contributed by atoms with Crippen molar-refractivity contribution in [1.29, 1.82) is 0 Å². The lowest BCUT2D eigenvalue weighted by atomic mass is 9.98. The molecule has 1 aliphatic carbocycles. The van der Waals surface area contributed by atoms with Crippen LogP contribution in [0.25, 0.3) is 0 Å². The lowest BCUT2D eigenvalue weighted by Gasteiger charge is -2.35. The van der Waals surface area contributed by atoms with Crippen molar-refractivity contribution in [3.05, 3.63) is 83.6 Å². The highest BCUT2D eigenvalue weighted by molar-refractivity contribution is 6.06. The van der Waals surface area contributed by atoms with Gasteiger partial charge in [0.15, 0.2) is 0 Å². The Morgan fingerprint density at radius 3 is 1.95 bits per heavy atom. The van der Waals surface area contributed by atoms with Crippen LogP contribution in [-0.4, -0.2) is 54.1 Å². The van der Waals surface area contributed by atoms with Gasteiger partial charge in [-0.15, -0.1) is 0 Å². The van der Waals surface area contributed by atoms with Gasteiger partial charge in [-0.25, -0.2) is 0 Å². The lowest BCUT2D eigenvalue weighted by Crippen LogP contribution is -2.42. The third-order valence-corrected chi connectivity index (χ3v) is 7.16. The molecule has 8 heteroatoms. The minimum atomic E-state index is -0.183. The Labute approximate surface area is 224 Å². The first-order chi connectivity index (χ1) is 18.3. The van der Waals surface area contributed by atoms with Crippen molar-refractivity contribution in [3.8, 4) is 0 Å². The van der Waals surface area contributed by atoms with Crippen LogP contribution in [0, 0.1) is 0 Å². The molecule has 1 saturated heterocycles. The van der Waals surface area contributed by atoms with E-state index >= 15 is 0 Å². The van der Waals surface area contributed by atoms with E-state index in [2.05, 4.69) is 32.2 Å². The van der Waals surface area contributed by atoms with Gasteiger partial charge < -0.3 is 26.4 Å². The maximum absolute atomic E-state index is 12.7. The third kappa shape index (κ3) is 7.12. The molecule has 0 bridgehead atoms. The fourth-order valence-corrected chi connectivity index (χ4v) is 4.49. The Balaban J connectivity index is 1.26. The van der Waals surface area contributed by atoms with E-state index in [1.807, 2.05) is 67.6 Å². The Hall–Kier alpha value is -3.88. The maximum Gasteiger partial charge on any atom is 0.255 e. The van der Waals surface area contributed by atoms with Crippen molar-refractivity contribution in [2.24, 2.45) is 0 Å². The lowest BCUT2D eigenvalue weighted by molar-refractivity contribution is -0.113. The van der Waals surface area contributed by atoms with E-state index in [1.54, 1.807) is 14.0 Å². The Morgan fingerprint density at radius 1 is 0.868 bits per heavy atom. The van der Waals surface area contributed by atoms with E-state index in [4.69, 9.17) is 0 Å². The zero-order chi connectivity index (χ0) is 27.1. The zero-order valence-electron chi connectivity index (χ0n) is 22.3. The number of aliphatic hydroxyl groups excluding tert-OH is 1. The minimum Gasteiger partial charge on any atom is -0.393 e. The van der Waals surface area contributed by atoms with Crippen LogP contribution in [0.1, 0.15) is 33.1 Å². The normalized spacial score (nSPS) is 18.7. The van der Waals surface area contributed by atoms with E-state index in [-0.39, 0.29) is 17.9 Å². The number of aliphatic hydroxyl groups is 1. The quantitative estimate of drug-likeness (QED) is 0.331. The summed E-state index contributed by atoms with van der Waals surface area (Å²) >= 11 is 0. The molecule has 2 aliphatic rings. The molecule has 4 rings (SSSR count). The number of carbonyl (C=O) groups is 2. The number of anilines is 4. The van der Waals surface area contributed by atoms with E-state index < -0.39 is 0 Å². The molecular formula is C30H37N5O3. The number of piperidine rings is 1. The van der Waals surface area contributed by atoms with Crippen LogP contribution in [0.5, 0.6) is 0 Å². The number of hydrogen-bond donors (Lipinski definition) is 5. The highest BCUT2D eigenvalue weighted by Gasteiger charge is 2.24. The van der Waals surface area contributed by atoms with Crippen LogP contribution in [0.2, 0.25) is 0 Å². The van der Waals surface area contributed by atoms with Crippen LogP contribution in [-0.2, 0) is 9.59 Å². The van der Waals surface area contributed by atoms with E-state index in [1.165, 1.54) is 0 Å². The number of likely N-dealkylation sites (tertiary alicyclic amines) is 1. The van der Waals surface area contributed by atoms with Gasteiger partial charge in [-0.2, -0.15) is 0 Å². The zero-order valence-corrected chi connectivity index (χ0v) is 22.3. The molecule has 8 nitrogen and oxygen atoms in total. The predicted octanol–water partition coefficient (Wildman–Crippen LogP) is 4.53. The van der Waals surface area contributed by atoms with Crippen molar-refractivity contribution in [3.63, 3.8) is 0 Å². The second-order valence-corrected chi connectivity index (χ2v) is 9.78. The van der Waals surface area contributed by atoms with Crippen molar-refractivity contribution in [2.45, 2.75) is 45.3 Å². The van der Waals surface area contributed by atoms with Crippen molar-refractivity contribution in [1.82, 2.24) is 10.2 Å². The molecule has 0 saturated carbocycles. The smallest absolute Gasteiger partial charge is 0.255 e. The van der Waals surface area contributed by atoms with Gasteiger partial charge in [-0.05, 0) is 81.6 Å². The molecule has 1 aliphatic heterocycles. The Bertz CT molecular complexity index is 1220. The topological polar surface area (TPSA) is 106 Å². The monoisotopic (exact) mass is 515 g/mol. The molecular weight excluding hydrogens is 478 g/mol. The number of carbonyl (C=O) groups excluding carboxylic acids is 2. The number of nitrogens with one attached hydrogen (secondary N) is 4. The molecule has 38 heavy (non-hydrogen) atoms. The number of benzene rings is 2. The average Bonchev–Trinajstić information content (AvgIpc) is 2.94. The molecule has 200 valence electrons. The third-order valence-electron chi connectivity index (χ3n) is 7.16. The molecule has 0 spiro atoms. The largest absolute Gasteiger partial charge is 0.393 e. The molecule has 1 heterocycles. The van der Waals surface area contributed by atoms with Crippen LogP contribution in [0.3, 0.4) is 0 Å². The van der Waals surface area contributed by atoms with Gasteiger partial charge in [0.05, 0.1) is 6.10 Å². The SMILES string of the molecule is CNC(C)=C(C)C(=O)Nc1ccc(Nc2ccc(NC(=O)C3=CCC(N4CCC(O)CC4)C=C3)cc2)cc1. The summed E-state index contributed by atoms with van der Waals surface area (Å²) in [4.78, 5) is 27.4. The fourth-order valence-electron chi connectivity index (χ4n) is 4.49. The van der Waals surface area contributed by atoms with Crippen molar-refractivity contribution >= 4 is 34.6 Å². The predicted molar refractivity (Wildman–Crippen MR) is 153 cm³/mol. The Kier molecular flexibility index (Phi) is 8.99. The summed E-state index contributed by atoms with van der Waals surface area (Å²) in [6, 6.07) is 15.3. The van der Waals surface area contributed by atoms with Gasteiger partial charge in [0.25, 0.3) is 11.8 Å². The maximum atomic E-state index is 12.7. The molecule has 2 aromatic rings. The van der Waals surface area contributed by atoms with Gasteiger partial charge in [0.1, 0.15) is 0 Å². The standard InChI is InChI=1S/C30H37N5O3/c1-20(21(2)31-3)29(37)33-25-10-6-23(7-11-25)32-24-8-12-26(13-9-24)34-30(38)22-4-14-27(15-5-22)35-18-16-28(36)17-19-35/h4-14,27-28,31-32,36H,15-19H2,1-3H3,(H,33,37)(H,34,38). The van der Waals surface area contributed by atoms with Crippen LogP contribution >= 0.6 is 0 Å². The second kappa shape index (κ2) is 12.6. The van der Waals surface area contributed by atoms with E-state index in [0.717, 1.165) is 55.1 Å². The number of amides is 2. The van der Waals surface area contributed by atoms with Crippen LogP contribution in [0.15, 0.2) is 83.6 Å². The molecule has 0 radical (unpaired) electrons. The second-order valence-electron chi connectivity index (χ2n) is 9.78. The average molecular weight is 516 g/mol. The summed E-state index contributed by atoms with van der Waals surface area (Å²) in [7, 11) is 1.79. The molecule has 1 fully saturated rings. The highest BCUT2D eigenvalue weighted by atomic mass is 16.3. The molecule has 0 aromatic heterocycles. The highest BCUT2D eigenvalue weighted by Crippen LogP contribution is 2.23. The van der Waals surface area contributed by atoms with E-state index in [0.29, 0.717) is 22.9 Å². The molecule has 5 N–H and O–H groups in total. The molecule has 2 amide bonds. The van der Waals surface area contributed by atoms with Gasteiger partial charge in [0.2, 0.25) is 0 Å². The first-order valence-corrected chi connectivity index (χ1v) is 13.1. The van der Waals surface area contributed by atoms with Crippen molar-refractivity contribution < 1.29 is 14.7 Å². The Morgan fingerprint density at radius 2 is 1.42 bits per heavy atom. The summed E-state index contributed by atoms with van der Waals surface area (Å²) in [6.45, 7) is 5.42. The van der Waals surface area contributed by atoms with Gasteiger partial charge >= 0.3 is 0 Å². The number of nitrogens with zero attached hydrogens (tertiary/aromatic N) is 1. The summed E-state index contributed by atoms with van der Waals surface area (Å²) in [5.41, 5.74) is 5.34. The molecule has 1 atom stereocenters. The molecule has 1 unspecified atom stereocenters. The molecule has 2 aromatic carbocycles. The number of rotatable bonds is 8. The first-order valence-electron chi connectivity index (χ1n) is 13.1. The number of hydrogen-bond acceptors (Lipinski definition) is 6. The van der Waals surface area contributed by atoms with E-state index in [9.17, 15) is 14.7 Å². The van der Waals surface area contributed by atoms with Gasteiger partial charge in [0, 0.05) is 65.8 Å². The van der Waals surface area contributed by atoms with Gasteiger partial charge in [-0.1, -0.05) is 18.2 Å². The summed E-state index contributed by atoms with van der Waals surface area (Å²) < 4.78 is 0. The first kappa shape index (κ1) is 27.2. The summed E-state index contributed by atoms with van der Waals surface area (Å²) in [6.07, 6.45) is 8.22. The van der Waals surface area contributed by atoms with Crippen LogP contribution in [0.4, 0.5) is 22.7 Å². The summed E-state index contributed by atoms with van der Waals surface area (Å²) in [5.74, 6) is -0.265. The fraction of sp³-hybridized carbons (Fsp3) is 0.333.